The molecule has 0 aromatic rings. The Balaban J connectivity index is 4.21. The lowest BCUT2D eigenvalue weighted by atomic mass is 10.0. The average Bonchev–Trinajstić information content (AvgIpc) is 3.64. The SMILES string of the molecule is CC/C=C\C/C=C\C/C=C\C/C=C\C/C=C\C/C=C\C/C=C\C/C=C\CCCCC(=O)OC(COC(=O)CCCCCCCCCCCCCCCCC/C=C\C/C=C\C/C=C\C/C=C\C/C=C\C/C=C\C/C=C\CC)COC(OCC[N+](C)(C)C)C(=O)[O-]. The predicted molar refractivity (Wildman–Crippen MR) is 379 cm³/mol. The lowest BCUT2D eigenvalue weighted by Gasteiger charge is -2.26. The van der Waals surface area contributed by atoms with Crippen LogP contribution >= 0.6 is 0 Å². The summed E-state index contributed by atoms with van der Waals surface area (Å²) in [4.78, 5) is 37.5. The van der Waals surface area contributed by atoms with E-state index >= 15 is 0 Å². The monoisotopic (exact) mass is 1230 g/mol. The van der Waals surface area contributed by atoms with Crippen molar-refractivity contribution in [1.82, 2.24) is 0 Å². The zero-order chi connectivity index (χ0) is 64.7. The third kappa shape index (κ3) is 69.7. The number of carbonyl (C=O) groups excluding carboxylic acids is 3. The summed E-state index contributed by atoms with van der Waals surface area (Å²) in [5.74, 6) is -2.36. The summed E-state index contributed by atoms with van der Waals surface area (Å²) < 4.78 is 22.7. The molecule has 0 rings (SSSR count). The highest BCUT2D eigenvalue weighted by Crippen LogP contribution is 2.16. The highest BCUT2D eigenvalue weighted by molar-refractivity contribution is 5.70. The first-order chi connectivity index (χ1) is 43.6. The number of allylic oxidation sites excluding steroid dienone is 30. The van der Waals surface area contributed by atoms with Crippen molar-refractivity contribution in [2.45, 2.75) is 257 Å². The first kappa shape index (κ1) is 83.4. The molecule has 0 bridgehead atoms. The van der Waals surface area contributed by atoms with E-state index in [0.29, 0.717) is 17.4 Å². The Morgan fingerprint density at radius 2 is 0.607 bits per heavy atom. The summed E-state index contributed by atoms with van der Waals surface area (Å²) in [6.07, 6.45) is 101. The van der Waals surface area contributed by atoms with E-state index in [1.807, 2.05) is 21.1 Å². The van der Waals surface area contributed by atoms with Crippen molar-refractivity contribution >= 4 is 17.9 Å². The van der Waals surface area contributed by atoms with Crippen molar-refractivity contribution in [3.63, 3.8) is 0 Å². The lowest BCUT2D eigenvalue weighted by Crippen LogP contribution is -2.44. The minimum Gasteiger partial charge on any atom is -0.545 e. The Bertz CT molecular complexity index is 2120. The second-order valence-electron chi connectivity index (χ2n) is 23.7. The second kappa shape index (κ2) is 68.3. The van der Waals surface area contributed by atoms with Crippen LogP contribution in [-0.2, 0) is 33.3 Å². The van der Waals surface area contributed by atoms with E-state index in [0.717, 1.165) is 128 Å². The molecule has 9 nitrogen and oxygen atoms in total. The number of rotatable bonds is 62. The molecule has 2 unspecified atom stereocenters. The summed E-state index contributed by atoms with van der Waals surface area (Å²) in [6.45, 7) is 4.45. The molecule has 0 heterocycles. The maximum atomic E-state index is 12.9. The van der Waals surface area contributed by atoms with E-state index in [4.69, 9.17) is 18.9 Å². The molecule has 0 aromatic carbocycles. The highest BCUT2D eigenvalue weighted by atomic mass is 16.7. The minimum atomic E-state index is -1.65. The summed E-state index contributed by atoms with van der Waals surface area (Å²) in [6, 6.07) is 0. The van der Waals surface area contributed by atoms with E-state index in [-0.39, 0.29) is 38.6 Å². The molecule has 0 aliphatic rings. The topological polar surface area (TPSA) is 111 Å². The number of esters is 2. The first-order valence-corrected chi connectivity index (χ1v) is 34.9. The van der Waals surface area contributed by atoms with Crippen molar-refractivity contribution < 1.29 is 42.9 Å². The first-order valence-electron chi connectivity index (χ1n) is 34.9. The van der Waals surface area contributed by atoms with Gasteiger partial charge in [0.05, 0.1) is 40.3 Å². The number of carboxylic acids is 1. The van der Waals surface area contributed by atoms with Crippen LogP contribution in [0.15, 0.2) is 182 Å². The standard InChI is InChI=1S/C80H127NO8/c1-6-8-10-12-14-16-18-20-22-24-26-28-30-32-34-35-36-37-38-39-40-41-42-43-45-46-48-50-52-54-56-58-60-62-64-66-68-70-77(82)87-74-76(75-88-80(79(84)85)86-73-72-81(3,4)5)89-78(83)71-69-67-65-63-61-59-57-55-53-51-49-47-44-33-31-29-27-25-23-21-19-17-15-13-11-9-7-2/h8-11,14-17,20-23,26-29,32-34,36-37,39-40,44,49,51,55,57,61,63,76,80H,6-7,12-13,18-19,24-25,30-31,35,38,41-43,45-48,50,52-54,56,58-60,62,64-75H2,1-5H3/b10-8-,11-9-,16-14-,17-15-,22-20-,23-21-,28-26-,29-27-,34-32-,37-36-,40-39-,44-33-,51-49-,57-55-,63-61-. The van der Waals surface area contributed by atoms with E-state index < -0.39 is 24.3 Å². The molecule has 0 fully saturated rings. The van der Waals surface area contributed by atoms with Gasteiger partial charge >= 0.3 is 11.9 Å². The molecule has 0 aliphatic carbocycles. The van der Waals surface area contributed by atoms with Gasteiger partial charge in [0.1, 0.15) is 13.2 Å². The normalized spacial score (nSPS) is 13.9. The highest BCUT2D eigenvalue weighted by Gasteiger charge is 2.22. The smallest absolute Gasteiger partial charge is 0.306 e. The van der Waals surface area contributed by atoms with Gasteiger partial charge in [-0.05, 0) is 135 Å². The van der Waals surface area contributed by atoms with E-state index in [1.165, 1.54) is 83.5 Å². The van der Waals surface area contributed by atoms with Crippen LogP contribution in [0.3, 0.4) is 0 Å². The van der Waals surface area contributed by atoms with E-state index in [1.54, 1.807) is 0 Å². The number of ether oxygens (including phenoxy) is 4. The molecule has 0 aromatic heterocycles. The van der Waals surface area contributed by atoms with Gasteiger partial charge in [0.2, 0.25) is 0 Å². The summed E-state index contributed by atoms with van der Waals surface area (Å²) >= 11 is 0. The molecule has 9 heteroatoms. The Kier molecular flexibility index (Phi) is 64.0. The van der Waals surface area contributed by atoms with Crippen molar-refractivity contribution in [3.8, 4) is 0 Å². The lowest BCUT2D eigenvalue weighted by molar-refractivity contribution is -0.870. The predicted octanol–water partition coefficient (Wildman–Crippen LogP) is 20.7. The summed E-state index contributed by atoms with van der Waals surface area (Å²) in [5, 5.41) is 11.8. The second-order valence-corrected chi connectivity index (χ2v) is 23.7. The molecule has 0 radical (unpaired) electrons. The molecule has 2 atom stereocenters. The van der Waals surface area contributed by atoms with E-state index in [2.05, 4.69) is 196 Å². The van der Waals surface area contributed by atoms with Crippen LogP contribution in [-0.4, -0.2) is 82.3 Å². The molecule has 0 amide bonds. The van der Waals surface area contributed by atoms with Gasteiger partial charge in [-0.3, -0.25) is 9.59 Å². The minimum absolute atomic E-state index is 0.130. The fourth-order valence-corrected chi connectivity index (χ4v) is 8.88. The maximum Gasteiger partial charge on any atom is 0.306 e. The van der Waals surface area contributed by atoms with Crippen molar-refractivity contribution in [2.75, 3.05) is 47.5 Å². The van der Waals surface area contributed by atoms with Crippen LogP contribution in [0, 0.1) is 0 Å². The number of carboxylic acid groups (broad SMARTS) is 1. The number of carbonyl (C=O) groups is 3. The van der Waals surface area contributed by atoms with Crippen LogP contribution in [0.4, 0.5) is 0 Å². The van der Waals surface area contributed by atoms with Gasteiger partial charge in [-0.25, -0.2) is 0 Å². The van der Waals surface area contributed by atoms with Crippen molar-refractivity contribution in [3.05, 3.63) is 182 Å². The fraction of sp³-hybridized carbons (Fsp3) is 0.588. The molecule has 0 N–H and O–H groups in total. The average molecular weight is 1230 g/mol. The zero-order valence-corrected chi connectivity index (χ0v) is 57.0. The third-order valence-corrected chi connectivity index (χ3v) is 14.1. The number of hydrogen-bond donors (Lipinski definition) is 0. The maximum absolute atomic E-state index is 12.9. The number of nitrogens with zero attached hydrogens (tertiary/aromatic N) is 1. The number of aliphatic carboxylic acids is 1. The molecule has 500 valence electrons. The Morgan fingerprint density at radius 1 is 0.337 bits per heavy atom. The fourth-order valence-electron chi connectivity index (χ4n) is 8.88. The Labute approximate surface area is 545 Å². The molecule has 0 saturated heterocycles. The molecular formula is C80H127NO8. The number of unbranched alkanes of at least 4 members (excludes halogenated alkanes) is 17. The van der Waals surface area contributed by atoms with Gasteiger partial charge in [0.15, 0.2) is 12.4 Å². The molecule has 89 heavy (non-hydrogen) atoms. The van der Waals surface area contributed by atoms with Gasteiger partial charge in [-0.15, -0.1) is 0 Å². The largest absolute Gasteiger partial charge is 0.545 e. The zero-order valence-electron chi connectivity index (χ0n) is 57.0. The van der Waals surface area contributed by atoms with Crippen LogP contribution < -0.4 is 5.11 Å². The van der Waals surface area contributed by atoms with Gasteiger partial charge in [-0.1, -0.05) is 280 Å². The van der Waals surface area contributed by atoms with Crippen LogP contribution in [0.2, 0.25) is 0 Å². The number of likely N-dealkylation sites (N-methyl/N-ethyl adjacent to an activating group) is 1. The van der Waals surface area contributed by atoms with Crippen LogP contribution in [0.1, 0.15) is 245 Å². The summed E-state index contributed by atoms with van der Waals surface area (Å²) in [5.41, 5.74) is 0. The Morgan fingerprint density at radius 3 is 0.921 bits per heavy atom. The van der Waals surface area contributed by atoms with Crippen molar-refractivity contribution in [2.24, 2.45) is 0 Å². The summed E-state index contributed by atoms with van der Waals surface area (Å²) in [7, 11) is 5.90. The molecule has 0 aliphatic heterocycles. The van der Waals surface area contributed by atoms with Crippen molar-refractivity contribution in [1.29, 1.82) is 0 Å². The molecule has 0 spiro atoms. The number of hydrogen-bond acceptors (Lipinski definition) is 8. The van der Waals surface area contributed by atoms with Crippen LogP contribution in [0.5, 0.6) is 0 Å². The van der Waals surface area contributed by atoms with Gasteiger partial charge in [0.25, 0.3) is 0 Å². The third-order valence-electron chi connectivity index (χ3n) is 14.1. The van der Waals surface area contributed by atoms with Gasteiger partial charge < -0.3 is 33.3 Å². The molecular weight excluding hydrogens is 1100 g/mol. The van der Waals surface area contributed by atoms with Gasteiger partial charge in [-0.2, -0.15) is 0 Å². The van der Waals surface area contributed by atoms with Gasteiger partial charge in [0, 0.05) is 12.8 Å². The Hall–Kier alpha value is -5.61. The quantitative estimate of drug-likeness (QED) is 0.0195. The molecule has 0 saturated carbocycles. The van der Waals surface area contributed by atoms with E-state index in [9.17, 15) is 19.5 Å². The van der Waals surface area contributed by atoms with Crippen LogP contribution in [0.25, 0.3) is 0 Å². The number of quaternary nitrogens is 1.